The molecule has 1 fully saturated rings. The van der Waals surface area contributed by atoms with Gasteiger partial charge in [0.15, 0.2) is 5.25 Å². The number of aryl methyl sites for hydroxylation is 1. The molecule has 1 atom stereocenters. The minimum Gasteiger partial charge on any atom is -0.341 e. The third kappa shape index (κ3) is 4.36. The molecule has 7 heteroatoms. The Balaban J connectivity index is 1.54. The SMILES string of the molecule is Cc1ccc(NC(=O)CN2C(=O)[C@H](C(=O)N3CCCCC3)Sc3ccccc32)cc1. The highest BCUT2D eigenvalue weighted by atomic mass is 32.2. The maximum absolute atomic E-state index is 13.3. The molecule has 6 nitrogen and oxygen atoms in total. The summed E-state index contributed by atoms with van der Waals surface area (Å²) in [5, 5.41) is 2.00. The van der Waals surface area contributed by atoms with Crippen molar-refractivity contribution in [1.82, 2.24) is 4.90 Å². The number of likely N-dealkylation sites (tertiary alicyclic amines) is 1. The molecule has 0 radical (unpaired) electrons. The zero-order chi connectivity index (χ0) is 21.1. The number of para-hydroxylation sites is 1. The van der Waals surface area contributed by atoms with Crippen molar-refractivity contribution in [2.45, 2.75) is 36.3 Å². The number of piperidine rings is 1. The van der Waals surface area contributed by atoms with E-state index in [1.54, 1.807) is 4.90 Å². The monoisotopic (exact) mass is 423 g/mol. The molecule has 30 heavy (non-hydrogen) atoms. The Morgan fingerprint density at radius 3 is 2.47 bits per heavy atom. The van der Waals surface area contributed by atoms with Crippen molar-refractivity contribution < 1.29 is 14.4 Å². The van der Waals surface area contributed by atoms with E-state index in [0.29, 0.717) is 24.5 Å². The smallest absolute Gasteiger partial charge is 0.250 e. The number of hydrogen-bond acceptors (Lipinski definition) is 4. The van der Waals surface area contributed by atoms with Gasteiger partial charge < -0.3 is 15.1 Å². The van der Waals surface area contributed by atoms with Crippen LogP contribution in [0.15, 0.2) is 53.4 Å². The molecular formula is C23H25N3O3S. The molecule has 3 amide bonds. The van der Waals surface area contributed by atoms with Gasteiger partial charge in [-0.15, -0.1) is 11.8 Å². The normalized spacial score (nSPS) is 18.7. The van der Waals surface area contributed by atoms with Crippen LogP contribution in [-0.4, -0.2) is 47.5 Å². The van der Waals surface area contributed by atoms with Crippen molar-refractivity contribution in [3.05, 3.63) is 54.1 Å². The number of fused-ring (bicyclic) bond motifs is 1. The molecule has 0 spiro atoms. The molecule has 156 valence electrons. The second kappa shape index (κ2) is 8.92. The van der Waals surface area contributed by atoms with Crippen molar-refractivity contribution in [3.8, 4) is 0 Å². The number of amides is 3. The van der Waals surface area contributed by atoms with Crippen molar-refractivity contribution in [1.29, 1.82) is 0 Å². The summed E-state index contributed by atoms with van der Waals surface area (Å²) >= 11 is 1.29. The third-order valence-corrected chi connectivity index (χ3v) is 6.66. The van der Waals surface area contributed by atoms with Crippen LogP contribution >= 0.6 is 11.8 Å². The first-order valence-electron chi connectivity index (χ1n) is 10.3. The number of hydrogen-bond donors (Lipinski definition) is 1. The topological polar surface area (TPSA) is 69.7 Å². The molecule has 0 aromatic heterocycles. The van der Waals surface area contributed by atoms with Crippen molar-refractivity contribution in [2.75, 3.05) is 29.9 Å². The first kappa shape index (κ1) is 20.5. The molecule has 2 aliphatic heterocycles. The quantitative estimate of drug-likeness (QED) is 0.765. The van der Waals surface area contributed by atoms with E-state index >= 15 is 0 Å². The molecule has 4 rings (SSSR count). The van der Waals surface area contributed by atoms with Crippen LogP contribution in [0.3, 0.4) is 0 Å². The van der Waals surface area contributed by atoms with E-state index in [9.17, 15) is 14.4 Å². The highest BCUT2D eigenvalue weighted by Crippen LogP contribution is 2.39. The molecule has 1 N–H and O–H groups in total. The van der Waals surface area contributed by atoms with Gasteiger partial charge in [-0.25, -0.2) is 0 Å². The van der Waals surface area contributed by atoms with E-state index in [1.165, 1.54) is 16.7 Å². The van der Waals surface area contributed by atoms with Gasteiger partial charge in [0.25, 0.3) is 5.91 Å². The van der Waals surface area contributed by atoms with Gasteiger partial charge >= 0.3 is 0 Å². The van der Waals surface area contributed by atoms with Crippen LogP contribution in [0.25, 0.3) is 0 Å². The number of benzene rings is 2. The van der Waals surface area contributed by atoms with Gasteiger partial charge in [0.2, 0.25) is 11.8 Å². The Morgan fingerprint density at radius 1 is 1.03 bits per heavy atom. The van der Waals surface area contributed by atoms with Gasteiger partial charge in [-0.1, -0.05) is 29.8 Å². The third-order valence-electron chi connectivity index (χ3n) is 5.42. The summed E-state index contributed by atoms with van der Waals surface area (Å²) in [5.74, 6) is -0.769. The van der Waals surface area contributed by atoms with Crippen LogP contribution in [0.1, 0.15) is 24.8 Å². The minimum absolute atomic E-state index is 0.131. The van der Waals surface area contributed by atoms with E-state index in [1.807, 2.05) is 55.5 Å². The first-order chi connectivity index (χ1) is 14.5. The van der Waals surface area contributed by atoms with Crippen LogP contribution in [-0.2, 0) is 14.4 Å². The minimum atomic E-state index is -0.842. The van der Waals surface area contributed by atoms with Gasteiger partial charge in [-0.2, -0.15) is 0 Å². The fraction of sp³-hybridized carbons (Fsp3) is 0.348. The summed E-state index contributed by atoms with van der Waals surface area (Å²) in [6.45, 7) is 3.23. The maximum Gasteiger partial charge on any atom is 0.250 e. The first-order valence-corrected chi connectivity index (χ1v) is 11.1. The van der Waals surface area contributed by atoms with E-state index in [0.717, 1.165) is 29.7 Å². The lowest BCUT2D eigenvalue weighted by Gasteiger charge is -2.36. The lowest BCUT2D eigenvalue weighted by molar-refractivity contribution is -0.135. The Morgan fingerprint density at radius 2 is 1.73 bits per heavy atom. The molecule has 1 saturated heterocycles. The molecule has 2 aromatic rings. The zero-order valence-electron chi connectivity index (χ0n) is 17.0. The second-order valence-electron chi connectivity index (χ2n) is 7.69. The lowest BCUT2D eigenvalue weighted by Crippen LogP contribution is -2.52. The zero-order valence-corrected chi connectivity index (χ0v) is 17.8. The van der Waals surface area contributed by atoms with Gasteiger partial charge in [0.05, 0.1) is 5.69 Å². The fourth-order valence-corrected chi connectivity index (χ4v) is 4.99. The van der Waals surface area contributed by atoms with Gasteiger partial charge in [0.1, 0.15) is 6.54 Å². The van der Waals surface area contributed by atoms with Crippen LogP contribution in [0.4, 0.5) is 11.4 Å². The Bertz CT molecular complexity index is 954. The summed E-state index contributed by atoms with van der Waals surface area (Å²) < 4.78 is 0. The highest BCUT2D eigenvalue weighted by Gasteiger charge is 2.40. The second-order valence-corrected chi connectivity index (χ2v) is 8.84. The predicted molar refractivity (Wildman–Crippen MR) is 119 cm³/mol. The fourth-order valence-electron chi connectivity index (χ4n) is 3.80. The summed E-state index contributed by atoms with van der Waals surface area (Å²) in [7, 11) is 0. The molecular weight excluding hydrogens is 398 g/mol. The van der Waals surface area contributed by atoms with E-state index in [-0.39, 0.29) is 24.3 Å². The molecule has 0 unspecified atom stereocenters. The van der Waals surface area contributed by atoms with Crippen LogP contribution in [0.5, 0.6) is 0 Å². The summed E-state index contributed by atoms with van der Waals surface area (Å²) in [6.07, 6.45) is 3.05. The Hall–Kier alpha value is -2.80. The molecule has 0 aliphatic carbocycles. The van der Waals surface area contributed by atoms with Crippen LogP contribution in [0, 0.1) is 6.92 Å². The Kier molecular flexibility index (Phi) is 6.08. The predicted octanol–water partition coefficient (Wildman–Crippen LogP) is 3.45. The van der Waals surface area contributed by atoms with Gasteiger partial charge in [-0.3, -0.25) is 14.4 Å². The number of carbonyl (C=O) groups is 3. The summed E-state index contributed by atoms with van der Waals surface area (Å²) in [5.41, 5.74) is 2.46. The molecule has 0 saturated carbocycles. The lowest BCUT2D eigenvalue weighted by atomic mass is 10.1. The molecule has 0 bridgehead atoms. The molecule has 2 aromatic carbocycles. The summed E-state index contributed by atoms with van der Waals surface area (Å²) in [4.78, 5) is 43.1. The van der Waals surface area contributed by atoms with Crippen LogP contribution < -0.4 is 10.2 Å². The van der Waals surface area contributed by atoms with E-state index in [4.69, 9.17) is 0 Å². The maximum atomic E-state index is 13.3. The average Bonchev–Trinajstić information content (AvgIpc) is 2.77. The van der Waals surface area contributed by atoms with Gasteiger partial charge in [-0.05, 0) is 50.5 Å². The molecule has 2 aliphatic rings. The van der Waals surface area contributed by atoms with Crippen molar-refractivity contribution >= 4 is 40.9 Å². The summed E-state index contributed by atoms with van der Waals surface area (Å²) in [6, 6.07) is 14.9. The number of anilines is 2. The average molecular weight is 424 g/mol. The number of nitrogens with zero attached hydrogens (tertiary/aromatic N) is 2. The van der Waals surface area contributed by atoms with Crippen molar-refractivity contribution in [3.63, 3.8) is 0 Å². The largest absolute Gasteiger partial charge is 0.341 e. The van der Waals surface area contributed by atoms with Gasteiger partial charge in [0, 0.05) is 23.7 Å². The van der Waals surface area contributed by atoms with E-state index in [2.05, 4.69) is 5.32 Å². The van der Waals surface area contributed by atoms with Crippen LogP contribution in [0.2, 0.25) is 0 Å². The molecule has 2 heterocycles. The van der Waals surface area contributed by atoms with Crippen molar-refractivity contribution in [2.24, 2.45) is 0 Å². The number of thioether (sulfide) groups is 1. The highest BCUT2D eigenvalue weighted by molar-refractivity contribution is 8.01. The number of nitrogens with one attached hydrogen (secondary N) is 1. The number of carbonyl (C=O) groups excluding carboxylic acids is 3. The standard InChI is InChI=1S/C23H25N3O3S/c1-16-9-11-17(12-10-16)24-20(27)15-26-18-7-3-4-8-19(18)30-21(23(26)29)22(28)25-13-5-2-6-14-25/h3-4,7-12,21H,2,5-6,13-15H2,1H3,(H,24,27)/t21-/m0/s1. The Labute approximate surface area is 180 Å². The number of rotatable bonds is 4. The van der Waals surface area contributed by atoms with E-state index < -0.39 is 5.25 Å².